The van der Waals surface area contributed by atoms with Gasteiger partial charge in [0.1, 0.15) is 0 Å². The molecule has 0 unspecified atom stereocenters. The summed E-state index contributed by atoms with van der Waals surface area (Å²) in [6.45, 7) is 4.46. The first-order valence-electron chi connectivity index (χ1n) is 7.93. The zero-order valence-corrected chi connectivity index (χ0v) is 13.4. The van der Waals surface area contributed by atoms with Crippen LogP contribution >= 0.6 is 0 Å². The van der Waals surface area contributed by atoms with E-state index in [1.807, 2.05) is 17.0 Å². The summed E-state index contributed by atoms with van der Waals surface area (Å²) in [6, 6.07) is 6.05. The van der Waals surface area contributed by atoms with E-state index in [0.29, 0.717) is 11.8 Å². The smallest absolute Gasteiger partial charge is 0.225 e. The number of rotatable bonds is 5. The average molecular weight is 304 g/mol. The van der Waals surface area contributed by atoms with E-state index in [-0.39, 0.29) is 0 Å². The van der Waals surface area contributed by atoms with Crippen molar-refractivity contribution < 1.29 is 14.3 Å². The Morgan fingerprint density at radius 1 is 1.09 bits per heavy atom. The van der Waals surface area contributed by atoms with Crippen molar-refractivity contribution >= 4 is 5.91 Å². The van der Waals surface area contributed by atoms with Crippen LogP contribution in [0.1, 0.15) is 18.4 Å². The fraction of sp³-hybridized carbons (Fsp3) is 0.588. The van der Waals surface area contributed by atoms with Gasteiger partial charge in [-0.3, -0.25) is 9.69 Å². The molecule has 1 saturated heterocycles. The summed E-state index contributed by atoms with van der Waals surface area (Å²) in [4.78, 5) is 16.5. The van der Waals surface area contributed by atoms with Crippen LogP contribution in [0.2, 0.25) is 0 Å². The highest BCUT2D eigenvalue weighted by molar-refractivity contribution is 5.81. The third-order valence-electron chi connectivity index (χ3n) is 4.46. The Balaban J connectivity index is 1.55. The second-order valence-corrected chi connectivity index (χ2v) is 6.07. The van der Waals surface area contributed by atoms with Gasteiger partial charge >= 0.3 is 0 Å². The summed E-state index contributed by atoms with van der Waals surface area (Å²) in [5.74, 6) is 2.22. The molecule has 0 aromatic heterocycles. The van der Waals surface area contributed by atoms with Gasteiger partial charge < -0.3 is 14.4 Å². The molecule has 5 nitrogen and oxygen atoms in total. The number of hydrogen-bond donors (Lipinski definition) is 0. The van der Waals surface area contributed by atoms with Crippen molar-refractivity contribution in [2.45, 2.75) is 19.4 Å². The van der Waals surface area contributed by atoms with E-state index in [4.69, 9.17) is 9.47 Å². The van der Waals surface area contributed by atoms with E-state index in [1.165, 1.54) is 5.56 Å². The molecule has 0 bridgehead atoms. The van der Waals surface area contributed by atoms with Gasteiger partial charge in [-0.05, 0) is 30.5 Å². The number of amides is 1. The van der Waals surface area contributed by atoms with Crippen molar-refractivity contribution in [3.63, 3.8) is 0 Å². The third kappa shape index (κ3) is 3.35. The van der Waals surface area contributed by atoms with Gasteiger partial charge in [0.05, 0.1) is 14.2 Å². The van der Waals surface area contributed by atoms with Gasteiger partial charge in [0.2, 0.25) is 5.91 Å². The lowest BCUT2D eigenvalue weighted by Crippen LogP contribution is -2.48. The van der Waals surface area contributed by atoms with Crippen molar-refractivity contribution in [1.29, 1.82) is 0 Å². The van der Waals surface area contributed by atoms with Crippen LogP contribution in [0.4, 0.5) is 0 Å². The number of carbonyl (C=O) groups is 1. The molecular weight excluding hydrogens is 280 g/mol. The van der Waals surface area contributed by atoms with Gasteiger partial charge in [-0.25, -0.2) is 0 Å². The van der Waals surface area contributed by atoms with Crippen LogP contribution in [-0.4, -0.2) is 56.1 Å². The number of hydrogen-bond acceptors (Lipinski definition) is 4. The SMILES string of the molecule is COc1ccc(CN2CCN(C(=O)C3CC3)CC2)cc1OC. The molecule has 0 atom stereocenters. The van der Waals surface area contributed by atoms with Gasteiger partial charge in [0.25, 0.3) is 0 Å². The first kappa shape index (κ1) is 15.2. The van der Waals surface area contributed by atoms with Crippen LogP contribution in [0, 0.1) is 5.92 Å². The van der Waals surface area contributed by atoms with Crippen LogP contribution in [0.15, 0.2) is 18.2 Å². The van der Waals surface area contributed by atoms with Gasteiger partial charge in [0.15, 0.2) is 11.5 Å². The molecule has 2 fully saturated rings. The van der Waals surface area contributed by atoms with Crippen LogP contribution < -0.4 is 9.47 Å². The lowest BCUT2D eigenvalue weighted by atomic mass is 10.1. The molecule has 3 rings (SSSR count). The standard InChI is InChI=1S/C17H24N2O3/c1-21-15-6-3-13(11-16(15)22-2)12-18-7-9-19(10-8-18)17(20)14-4-5-14/h3,6,11,14H,4-5,7-10,12H2,1-2H3. The zero-order valence-electron chi connectivity index (χ0n) is 13.4. The van der Waals surface area contributed by atoms with Crippen LogP contribution in [-0.2, 0) is 11.3 Å². The topological polar surface area (TPSA) is 42.0 Å². The molecule has 1 aliphatic heterocycles. The quantitative estimate of drug-likeness (QED) is 0.831. The minimum atomic E-state index is 0.331. The Morgan fingerprint density at radius 2 is 1.77 bits per heavy atom. The molecule has 1 aromatic rings. The highest BCUT2D eigenvalue weighted by atomic mass is 16.5. The summed E-state index contributed by atoms with van der Waals surface area (Å²) in [5.41, 5.74) is 1.21. The molecule has 0 spiro atoms. The molecule has 120 valence electrons. The summed E-state index contributed by atoms with van der Waals surface area (Å²) < 4.78 is 10.6. The summed E-state index contributed by atoms with van der Waals surface area (Å²) in [5, 5.41) is 0. The maximum Gasteiger partial charge on any atom is 0.225 e. The third-order valence-corrected chi connectivity index (χ3v) is 4.46. The van der Waals surface area contributed by atoms with Crippen molar-refractivity contribution in [1.82, 2.24) is 9.80 Å². The van der Waals surface area contributed by atoms with Crippen molar-refractivity contribution in [2.24, 2.45) is 5.92 Å². The minimum Gasteiger partial charge on any atom is -0.493 e. The first-order valence-corrected chi connectivity index (χ1v) is 7.93. The number of nitrogens with zero attached hydrogens (tertiary/aromatic N) is 2. The minimum absolute atomic E-state index is 0.331. The lowest BCUT2D eigenvalue weighted by Gasteiger charge is -2.35. The van der Waals surface area contributed by atoms with Gasteiger partial charge in [-0.2, -0.15) is 0 Å². The molecule has 1 heterocycles. The predicted molar refractivity (Wildman–Crippen MR) is 84.1 cm³/mol. The van der Waals surface area contributed by atoms with E-state index < -0.39 is 0 Å². The Kier molecular flexibility index (Phi) is 4.52. The van der Waals surface area contributed by atoms with Crippen LogP contribution in [0.3, 0.4) is 0 Å². The number of carbonyl (C=O) groups excluding carboxylic acids is 1. The zero-order chi connectivity index (χ0) is 15.5. The van der Waals surface area contributed by atoms with E-state index in [9.17, 15) is 4.79 Å². The van der Waals surface area contributed by atoms with Gasteiger partial charge in [-0.15, -0.1) is 0 Å². The average Bonchev–Trinajstić information content (AvgIpc) is 3.39. The largest absolute Gasteiger partial charge is 0.493 e. The number of ether oxygens (including phenoxy) is 2. The van der Waals surface area contributed by atoms with Crippen molar-refractivity contribution in [2.75, 3.05) is 40.4 Å². The molecule has 22 heavy (non-hydrogen) atoms. The van der Waals surface area contributed by atoms with Crippen LogP contribution in [0.25, 0.3) is 0 Å². The number of methoxy groups -OCH3 is 2. The lowest BCUT2D eigenvalue weighted by molar-refractivity contribution is -0.134. The molecular formula is C17H24N2O3. The molecule has 0 N–H and O–H groups in total. The monoisotopic (exact) mass is 304 g/mol. The van der Waals surface area contributed by atoms with E-state index in [1.54, 1.807) is 14.2 Å². The molecule has 2 aliphatic rings. The van der Waals surface area contributed by atoms with E-state index >= 15 is 0 Å². The van der Waals surface area contributed by atoms with Gasteiger partial charge in [0, 0.05) is 38.6 Å². The second kappa shape index (κ2) is 6.57. The number of benzene rings is 1. The molecule has 5 heteroatoms. The normalized spacial score (nSPS) is 19.1. The van der Waals surface area contributed by atoms with Crippen molar-refractivity contribution in [3.8, 4) is 11.5 Å². The van der Waals surface area contributed by atoms with Crippen molar-refractivity contribution in [3.05, 3.63) is 23.8 Å². The molecule has 1 aromatic carbocycles. The maximum atomic E-state index is 12.1. The van der Waals surface area contributed by atoms with Crippen LogP contribution in [0.5, 0.6) is 11.5 Å². The van der Waals surface area contributed by atoms with Gasteiger partial charge in [-0.1, -0.05) is 6.07 Å². The molecule has 1 aliphatic carbocycles. The fourth-order valence-corrected chi connectivity index (χ4v) is 2.95. The Labute approximate surface area is 131 Å². The Hall–Kier alpha value is -1.75. The number of piperazine rings is 1. The van der Waals surface area contributed by atoms with E-state index in [0.717, 1.165) is 57.1 Å². The molecule has 1 amide bonds. The first-order chi connectivity index (χ1) is 10.7. The predicted octanol–water partition coefficient (Wildman–Crippen LogP) is 1.76. The molecule has 1 saturated carbocycles. The van der Waals surface area contributed by atoms with E-state index in [2.05, 4.69) is 11.0 Å². The Bertz CT molecular complexity index is 535. The highest BCUT2D eigenvalue weighted by Crippen LogP contribution is 2.31. The molecule has 0 radical (unpaired) electrons. The second-order valence-electron chi connectivity index (χ2n) is 6.07. The highest BCUT2D eigenvalue weighted by Gasteiger charge is 2.34. The summed E-state index contributed by atoms with van der Waals surface area (Å²) in [6.07, 6.45) is 2.18. The maximum absolute atomic E-state index is 12.1. The fourth-order valence-electron chi connectivity index (χ4n) is 2.95. The summed E-state index contributed by atoms with van der Waals surface area (Å²) in [7, 11) is 3.30. The summed E-state index contributed by atoms with van der Waals surface area (Å²) >= 11 is 0. The Morgan fingerprint density at radius 3 is 2.36 bits per heavy atom.